The van der Waals surface area contributed by atoms with Crippen LogP contribution < -0.4 is 5.56 Å². The first-order chi connectivity index (χ1) is 9.61. The lowest BCUT2D eigenvalue weighted by atomic mass is 9.99. The Labute approximate surface area is 121 Å². The first-order valence-electron chi connectivity index (χ1n) is 7.01. The molecular weight excluding hydrogens is 246 g/mol. The zero-order valence-corrected chi connectivity index (χ0v) is 12.8. The summed E-state index contributed by atoms with van der Waals surface area (Å²) in [6.45, 7) is 11.6. The van der Waals surface area contributed by atoms with E-state index in [1.807, 2.05) is 52.1 Å². The normalized spacial score (nSPS) is 9.60. The van der Waals surface area contributed by atoms with Gasteiger partial charge in [0.15, 0.2) is 0 Å². The Bertz CT molecular complexity index is 638. The monoisotopic (exact) mass is 269 g/mol. The number of benzene rings is 1. The minimum atomic E-state index is -0.00362. The van der Waals surface area contributed by atoms with E-state index in [1.165, 1.54) is 5.56 Å². The van der Waals surface area contributed by atoms with Crippen molar-refractivity contribution in [1.82, 2.24) is 4.98 Å². The maximum absolute atomic E-state index is 11.5. The Morgan fingerprint density at radius 3 is 2.55 bits per heavy atom. The van der Waals surface area contributed by atoms with Gasteiger partial charge >= 0.3 is 0 Å². The second-order valence-electron chi connectivity index (χ2n) is 4.52. The number of pyridine rings is 1. The van der Waals surface area contributed by atoms with Crippen molar-refractivity contribution in [3.8, 4) is 0 Å². The van der Waals surface area contributed by atoms with Crippen molar-refractivity contribution in [2.45, 2.75) is 34.1 Å². The molecule has 0 spiro atoms. The lowest BCUT2D eigenvalue weighted by Crippen LogP contribution is -2.12. The largest absolute Gasteiger partial charge is 0.329 e. The molecule has 1 N–H and O–H groups in total. The molecule has 2 rings (SSSR count). The summed E-state index contributed by atoms with van der Waals surface area (Å²) < 4.78 is 0. The van der Waals surface area contributed by atoms with E-state index in [1.54, 1.807) is 0 Å². The minimum absolute atomic E-state index is 0.00362. The van der Waals surface area contributed by atoms with E-state index in [2.05, 4.69) is 23.7 Å². The first-order valence-corrected chi connectivity index (χ1v) is 7.01. The number of hydrogen-bond acceptors (Lipinski definition) is 1. The Morgan fingerprint density at radius 1 is 1.20 bits per heavy atom. The van der Waals surface area contributed by atoms with Gasteiger partial charge in [0.25, 0.3) is 5.56 Å². The van der Waals surface area contributed by atoms with Gasteiger partial charge in [-0.05, 0) is 42.5 Å². The van der Waals surface area contributed by atoms with Crippen LogP contribution in [-0.4, -0.2) is 4.98 Å². The molecule has 0 unspecified atom stereocenters. The fourth-order valence-electron chi connectivity index (χ4n) is 2.01. The molecule has 2 aromatic rings. The van der Waals surface area contributed by atoms with Crippen molar-refractivity contribution >= 4 is 6.08 Å². The summed E-state index contributed by atoms with van der Waals surface area (Å²) in [4.78, 5) is 14.3. The van der Waals surface area contributed by atoms with Crippen LogP contribution >= 0.6 is 0 Å². The molecule has 0 amide bonds. The molecule has 1 heterocycles. The van der Waals surface area contributed by atoms with Gasteiger partial charge in [-0.2, -0.15) is 0 Å². The van der Waals surface area contributed by atoms with Gasteiger partial charge in [0.1, 0.15) is 0 Å². The van der Waals surface area contributed by atoms with Gasteiger partial charge in [-0.1, -0.05) is 50.8 Å². The molecular formula is C18H23NO. The molecule has 0 saturated carbocycles. The second kappa shape index (κ2) is 7.49. The van der Waals surface area contributed by atoms with Crippen LogP contribution in [-0.2, 0) is 6.42 Å². The van der Waals surface area contributed by atoms with Gasteiger partial charge in [-0.3, -0.25) is 4.79 Å². The van der Waals surface area contributed by atoms with Crippen molar-refractivity contribution in [3.05, 3.63) is 75.2 Å². The molecule has 2 heteroatoms. The fourth-order valence-corrected chi connectivity index (χ4v) is 2.01. The lowest BCUT2D eigenvalue weighted by Gasteiger charge is -2.08. The summed E-state index contributed by atoms with van der Waals surface area (Å²) in [6.07, 6.45) is 4.48. The molecule has 0 radical (unpaired) electrons. The highest BCUT2D eigenvalue weighted by Crippen LogP contribution is 2.15. The van der Waals surface area contributed by atoms with Gasteiger partial charge in [-0.15, -0.1) is 0 Å². The maximum Gasteiger partial charge on any atom is 0.251 e. The molecule has 20 heavy (non-hydrogen) atoms. The lowest BCUT2D eigenvalue weighted by molar-refractivity contribution is 1.05. The van der Waals surface area contributed by atoms with Crippen molar-refractivity contribution in [3.63, 3.8) is 0 Å². The fraction of sp³-hybridized carbons (Fsp3) is 0.278. The van der Waals surface area contributed by atoms with Crippen LogP contribution in [0.2, 0.25) is 0 Å². The third kappa shape index (κ3) is 3.70. The van der Waals surface area contributed by atoms with Crippen LogP contribution in [0.15, 0.2) is 41.8 Å². The number of hydrogen-bond donors (Lipinski definition) is 1. The molecule has 2 nitrogen and oxygen atoms in total. The highest BCUT2D eigenvalue weighted by molar-refractivity contribution is 5.48. The molecule has 0 aliphatic rings. The molecule has 0 atom stereocenters. The van der Waals surface area contributed by atoms with Crippen molar-refractivity contribution in [2.24, 2.45) is 0 Å². The summed E-state index contributed by atoms with van der Waals surface area (Å²) in [6, 6.07) is 8.27. The number of aromatic amines is 1. The summed E-state index contributed by atoms with van der Waals surface area (Å²) in [7, 11) is 0. The zero-order chi connectivity index (χ0) is 15.1. The standard InChI is InChI=1S/C16H17NO.C2H6/c1-4-13-6-5-7-14(8-13)9-15-10-17-16(18)12(3)11(15)2;1-2/h4-8,10H,1,9H2,2-3H3,(H,17,18);1-2H3. The summed E-state index contributed by atoms with van der Waals surface area (Å²) in [5.41, 5.74) is 5.37. The first kappa shape index (κ1) is 16.0. The van der Waals surface area contributed by atoms with E-state index < -0.39 is 0 Å². The van der Waals surface area contributed by atoms with Crippen LogP contribution in [0, 0.1) is 13.8 Å². The van der Waals surface area contributed by atoms with Crippen LogP contribution in [0.5, 0.6) is 0 Å². The molecule has 0 aliphatic carbocycles. The number of nitrogens with one attached hydrogen (secondary N) is 1. The molecule has 1 aromatic heterocycles. The Hall–Kier alpha value is -2.09. The summed E-state index contributed by atoms with van der Waals surface area (Å²) >= 11 is 0. The quantitative estimate of drug-likeness (QED) is 0.887. The smallest absolute Gasteiger partial charge is 0.251 e. The molecule has 0 fully saturated rings. The highest BCUT2D eigenvalue weighted by atomic mass is 16.1. The minimum Gasteiger partial charge on any atom is -0.329 e. The second-order valence-corrected chi connectivity index (χ2v) is 4.52. The predicted molar refractivity (Wildman–Crippen MR) is 87.2 cm³/mol. The number of aromatic nitrogens is 1. The van der Waals surface area contributed by atoms with Crippen molar-refractivity contribution < 1.29 is 0 Å². The van der Waals surface area contributed by atoms with E-state index in [4.69, 9.17) is 0 Å². The zero-order valence-electron chi connectivity index (χ0n) is 12.8. The predicted octanol–water partition coefficient (Wildman–Crippen LogP) is 4.25. The summed E-state index contributed by atoms with van der Waals surface area (Å²) in [5, 5.41) is 0. The van der Waals surface area contributed by atoms with Crippen LogP contribution in [0.25, 0.3) is 6.08 Å². The van der Waals surface area contributed by atoms with E-state index in [-0.39, 0.29) is 5.56 Å². The SMILES string of the molecule is C=Cc1cccc(Cc2c[nH]c(=O)c(C)c2C)c1.CC. The highest BCUT2D eigenvalue weighted by Gasteiger charge is 2.05. The molecule has 0 aliphatic heterocycles. The van der Waals surface area contributed by atoms with E-state index >= 15 is 0 Å². The van der Waals surface area contributed by atoms with Crippen LogP contribution in [0.3, 0.4) is 0 Å². The van der Waals surface area contributed by atoms with Crippen molar-refractivity contribution in [2.75, 3.05) is 0 Å². The Morgan fingerprint density at radius 2 is 1.90 bits per heavy atom. The molecule has 0 bridgehead atoms. The van der Waals surface area contributed by atoms with E-state index in [9.17, 15) is 4.79 Å². The van der Waals surface area contributed by atoms with E-state index in [0.29, 0.717) is 0 Å². The van der Waals surface area contributed by atoms with Gasteiger partial charge < -0.3 is 4.98 Å². The average molecular weight is 269 g/mol. The number of rotatable bonds is 3. The molecule has 0 saturated heterocycles. The van der Waals surface area contributed by atoms with Gasteiger partial charge in [0.05, 0.1) is 0 Å². The Kier molecular flexibility index (Phi) is 5.98. The molecule has 1 aromatic carbocycles. The van der Waals surface area contributed by atoms with Gasteiger partial charge in [0.2, 0.25) is 0 Å². The van der Waals surface area contributed by atoms with Crippen LogP contribution in [0.1, 0.15) is 41.7 Å². The summed E-state index contributed by atoms with van der Waals surface area (Å²) in [5.74, 6) is 0. The maximum atomic E-state index is 11.5. The average Bonchev–Trinajstić information content (AvgIpc) is 2.50. The number of H-pyrrole nitrogens is 1. The van der Waals surface area contributed by atoms with E-state index in [0.717, 1.165) is 28.7 Å². The van der Waals surface area contributed by atoms with Gasteiger partial charge in [-0.25, -0.2) is 0 Å². The molecule has 106 valence electrons. The topological polar surface area (TPSA) is 32.9 Å². The van der Waals surface area contributed by atoms with Gasteiger partial charge in [0, 0.05) is 11.8 Å². The third-order valence-corrected chi connectivity index (χ3v) is 3.34. The Balaban J connectivity index is 0.000000956. The van der Waals surface area contributed by atoms with Crippen LogP contribution in [0.4, 0.5) is 0 Å². The van der Waals surface area contributed by atoms with Crippen molar-refractivity contribution in [1.29, 1.82) is 0 Å². The third-order valence-electron chi connectivity index (χ3n) is 3.34.